The number of aryl methyl sites for hydroxylation is 2. The van der Waals surface area contributed by atoms with E-state index in [2.05, 4.69) is 5.32 Å². The molecule has 32 heavy (non-hydrogen) atoms. The summed E-state index contributed by atoms with van der Waals surface area (Å²) in [4.78, 5) is 24.2. The van der Waals surface area contributed by atoms with Crippen molar-refractivity contribution in [2.45, 2.75) is 50.3 Å². The zero-order valence-corrected chi connectivity index (χ0v) is 19.2. The molecule has 1 aliphatic rings. The van der Waals surface area contributed by atoms with Crippen LogP contribution in [0.25, 0.3) is 0 Å². The largest absolute Gasteiger partial charge is 0.456 e. The molecule has 172 valence electrons. The number of ether oxygens (including phenoxy) is 1. The van der Waals surface area contributed by atoms with Crippen LogP contribution in [0.4, 0.5) is 5.69 Å². The number of anilines is 1. The van der Waals surface area contributed by atoms with Gasteiger partial charge in [-0.25, -0.2) is 8.42 Å². The highest BCUT2D eigenvalue weighted by Gasteiger charge is 2.24. The third-order valence-corrected chi connectivity index (χ3v) is 7.36. The Balaban J connectivity index is 1.44. The number of nitrogens with zero attached hydrogens (tertiary/aromatic N) is 1. The van der Waals surface area contributed by atoms with Crippen molar-refractivity contribution < 1.29 is 22.7 Å². The summed E-state index contributed by atoms with van der Waals surface area (Å²) in [6.45, 7) is 2.73. The Bertz CT molecular complexity index is 1010. The molecular weight excluding hydrogens is 428 g/mol. The summed E-state index contributed by atoms with van der Waals surface area (Å²) in [6.07, 6.45) is 4.42. The van der Waals surface area contributed by atoms with E-state index in [9.17, 15) is 18.0 Å². The van der Waals surface area contributed by atoms with E-state index in [0.717, 1.165) is 36.8 Å². The molecule has 1 amide bonds. The number of benzene rings is 2. The van der Waals surface area contributed by atoms with Gasteiger partial charge in [0, 0.05) is 25.2 Å². The Morgan fingerprint density at radius 1 is 0.938 bits per heavy atom. The number of amides is 1. The lowest BCUT2D eigenvalue weighted by molar-refractivity contribution is -0.147. The maximum atomic E-state index is 12.8. The highest BCUT2D eigenvalue weighted by molar-refractivity contribution is 7.89. The smallest absolute Gasteiger partial charge is 0.306 e. The first-order valence-corrected chi connectivity index (χ1v) is 12.4. The van der Waals surface area contributed by atoms with Crippen molar-refractivity contribution in [3.8, 4) is 0 Å². The van der Waals surface area contributed by atoms with Crippen molar-refractivity contribution in [1.82, 2.24) is 4.31 Å². The summed E-state index contributed by atoms with van der Waals surface area (Å²) in [6, 6.07) is 14.0. The summed E-state index contributed by atoms with van der Waals surface area (Å²) in [5, 5.41) is 2.67. The molecule has 1 fully saturated rings. The van der Waals surface area contributed by atoms with Crippen LogP contribution >= 0.6 is 0 Å². The molecule has 3 rings (SSSR count). The molecule has 1 heterocycles. The Morgan fingerprint density at radius 2 is 1.56 bits per heavy atom. The van der Waals surface area contributed by atoms with Crippen LogP contribution in [0.5, 0.6) is 0 Å². The van der Waals surface area contributed by atoms with E-state index in [0.29, 0.717) is 25.2 Å². The number of rotatable bonds is 8. The Kier molecular flexibility index (Phi) is 8.41. The van der Waals surface area contributed by atoms with Gasteiger partial charge in [0.2, 0.25) is 10.0 Å². The van der Waals surface area contributed by atoms with Gasteiger partial charge in [-0.1, -0.05) is 42.7 Å². The molecule has 0 radical (unpaired) electrons. The number of carbonyl (C=O) groups is 2. The summed E-state index contributed by atoms with van der Waals surface area (Å²) in [5.74, 6) is -0.879. The molecule has 1 saturated heterocycles. The summed E-state index contributed by atoms with van der Waals surface area (Å²) in [5.41, 5.74) is 2.56. The lowest BCUT2D eigenvalue weighted by atomic mass is 10.1. The van der Waals surface area contributed by atoms with Crippen LogP contribution in [0.2, 0.25) is 0 Å². The van der Waals surface area contributed by atoms with Gasteiger partial charge in [-0.3, -0.25) is 9.59 Å². The lowest BCUT2D eigenvalue weighted by Gasteiger charge is -2.20. The molecule has 2 aromatic rings. The third-order valence-electron chi connectivity index (χ3n) is 5.44. The van der Waals surface area contributed by atoms with E-state index < -0.39 is 21.9 Å². The second-order valence-corrected chi connectivity index (χ2v) is 9.98. The van der Waals surface area contributed by atoms with Gasteiger partial charge in [0.25, 0.3) is 5.91 Å². The van der Waals surface area contributed by atoms with Gasteiger partial charge in [0.15, 0.2) is 6.61 Å². The number of carbonyl (C=O) groups excluding carboxylic acids is 2. The number of hydrogen-bond donors (Lipinski definition) is 1. The zero-order chi connectivity index (χ0) is 23.0. The van der Waals surface area contributed by atoms with Crippen LogP contribution in [-0.4, -0.2) is 44.3 Å². The molecule has 0 spiro atoms. The fourth-order valence-electron chi connectivity index (χ4n) is 3.56. The minimum Gasteiger partial charge on any atom is -0.456 e. The van der Waals surface area contributed by atoms with Crippen molar-refractivity contribution in [1.29, 1.82) is 0 Å². The van der Waals surface area contributed by atoms with Gasteiger partial charge in [-0.05, 0) is 56.0 Å². The summed E-state index contributed by atoms with van der Waals surface area (Å²) >= 11 is 0. The molecule has 1 N–H and O–H groups in total. The van der Waals surface area contributed by atoms with Gasteiger partial charge in [0.05, 0.1) is 4.90 Å². The van der Waals surface area contributed by atoms with E-state index >= 15 is 0 Å². The van der Waals surface area contributed by atoms with Crippen LogP contribution in [0.1, 0.15) is 43.2 Å². The average Bonchev–Trinajstić information content (AvgIpc) is 3.08. The standard InChI is InChI=1S/C24H30N2O5S/c1-19-6-11-21(12-7-19)25-23(27)18-31-24(28)15-10-20-8-13-22(14-9-20)32(29,30)26-16-4-2-3-5-17-26/h6-9,11-14H,2-5,10,15-18H2,1H3,(H,25,27). The first-order chi connectivity index (χ1) is 15.3. The summed E-state index contributed by atoms with van der Waals surface area (Å²) in [7, 11) is -3.48. The third kappa shape index (κ3) is 6.90. The minimum atomic E-state index is -3.48. The van der Waals surface area contributed by atoms with Crippen LogP contribution in [-0.2, 0) is 30.8 Å². The van der Waals surface area contributed by atoms with Crippen LogP contribution < -0.4 is 5.32 Å². The van der Waals surface area contributed by atoms with Gasteiger partial charge in [0.1, 0.15) is 0 Å². The van der Waals surface area contributed by atoms with Crippen LogP contribution in [0, 0.1) is 6.92 Å². The van der Waals surface area contributed by atoms with Crippen LogP contribution in [0.3, 0.4) is 0 Å². The van der Waals surface area contributed by atoms with Gasteiger partial charge >= 0.3 is 5.97 Å². The molecule has 0 bridgehead atoms. The molecular formula is C24H30N2O5S. The SMILES string of the molecule is Cc1ccc(NC(=O)COC(=O)CCc2ccc(S(=O)(=O)N3CCCCCC3)cc2)cc1. The monoisotopic (exact) mass is 458 g/mol. The summed E-state index contributed by atoms with van der Waals surface area (Å²) < 4.78 is 32.3. The topological polar surface area (TPSA) is 92.8 Å². The average molecular weight is 459 g/mol. The normalized spacial score (nSPS) is 15.0. The first kappa shape index (κ1) is 23.9. The predicted molar refractivity (Wildman–Crippen MR) is 123 cm³/mol. The highest BCUT2D eigenvalue weighted by atomic mass is 32.2. The van der Waals surface area contributed by atoms with Gasteiger partial charge in [-0.2, -0.15) is 4.31 Å². The highest BCUT2D eigenvalue weighted by Crippen LogP contribution is 2.21. The van der Waals surface area contributed by atoms with Gasteiger partial charge < -0.3 is 10.1 Å². The van der Waals surface area contributed by atoms with Crippen molar-refractivity contribution in [3.63, 3.8) is 0 Å². The van der Waals surface area contributed by atoms with Crippen molar-refractivity contribution >= 4 is 27.6 Å². The van der Waals surface area contributed by atoms with E-state index in [1.165, 1.54) is 0 Å². The quantitative estimate of drug-likeness (QED) is 0.609. The molecule has 0 aromatic heterocycles. The molecule has 0 aliphatic carbocycles. The lowest BCUT2D eigenvalue weighted by Crippen LogP contribution is -2.31. The van der Waals surface area contributed by atoms with E-state index in [-0.39, 0.29) is 17.9 Å². The Hall–Kier alpha value is -2.71. The van der Waals surface area contributed by atoms with Crippen molar-refractivity contribution in [2.24, 2.45) is 0 Å². The number of hydrogen-bond acceptors (Lipinski definition) is 5. The predicted octanol–water partition coefficient (Wildman–Crippen LogP) is 3.67. The molecule has 0 unspecified atom stereocenters. The van der Waals surface area contributed by atoms with Crippen molar-refractivity contribution in [3.05, 3.63) is 59.7 Å². The minimum absolute atomic E-state index is 0.107. The Morgan fingerprint density at radius 3 is 2.19 bits per heavy atom. The van der Waals surface area contributed by atoms with E-state index in [1.807, 2.05) is 19.1 Å². The maximum absolute atomic E-state index is 12.8. The molecule has 8 heteroatoms. The maximum Gasteiger partial charge on any atom is 0.306 e. The fourth-order valence-corrected chi connectivity index (χ4v) is 5.07. The molecule has 0 saturated carbocycles. The van der Waals surface area contributed by atoms with Gasteiger partial charge in [-0.15, -0.1) is 0 Å². The molecule has 1 aliphatic heterocycles. The van der Waals surface area contributed by atoms with Crippen LogP contribution in [0.15, 0.2) is 53.4 Å². The number of sulfonamides is 1. The number of nitrogens with one attached hydrogen (secondary N) is 1. The fraction of sp³-hybridized carbons (Fsp3) is 0.417. The second-order valence-electron chi connectivity index (χ2n) is 8.04. The van der Waals surface area contributed by atoms with E-state index in [1.54, 1.807) is 40.7 Å². The Labute approximate surface area is 189 Å². The molecule has 7 nitrogen and oxygen atoms in total. The van der Waals surface area contributed by atoms with Crippen molar-refractivity contribution in [2.75, 3.05) is 25.0 Å². The molecule has 2 aromatic carbocycles. The molecule has 0 atom stereocenters. The zero-order valence-electron chi connectivity index (χ0n) is 18.4. The second kappa shape index (κ2) is 11.2. The first-order valence-electron chi connectivity index (χ1n) is 11.0. The van der Waals surface area contributed by atoms with E-state index in [4.69, 9.17) is 4.74 Å². The number of esters is 1.